The highest BCUT2D eigenvalue weighted by Crippen LogP contribution is 2.28. The zero-order valence-corrected chi connectivity index (χ0v) is 18.0. The van der Waals surface area contributed by atoms with Crippen molar-refractivity contribution in [2.24, 2.45) is 5.92 Å². The number of rotatable bonds is 7. The number of carbonyl (C=O) groups is 3. The van der Waals surface area contributed by atoms with E-state index in [4.69, 9.17) is 4.42 Å². The average molecular weight is 424 g/mol. The molecule has 1 aromatic carbocycles. The molecule has 3 heterocycles. The van der Waals surface area contributed by atoms with Gasteiger partial charge in [-0.05, 0) is 56.1 Å². The lowest BCUT2D eigenvalue weighted by molar-refractivity contribution is -0.126. The molecule has 4 rings (SSSR count). The molecule has 2 unspecified atom stereocenters. The van der Waals surface area contributed by atoms with Gasteiger partial charge in [-0.3, -0.25) is 24.2 Å². The van der Waals surface area contributed by atoms with Crippen molar-refractivity contribution in [3.8, 4) is 0 Å². The van der Waals surface area contributed by atoms with Crippen molar-refractivity contribution in [2.75, 3.05) is 19.6 Å². The summed E-state index contributed by atoms with van der Waals surface area (Å²) in [5.74, 6) is -0.553. The monoisotopic (exact) mass is 423 g/mol. The number of likely N-dealkylation sites (tertiary alicyclic amines) is 1. The van der Waals surface area contributed by atoms with Crippen LogP contribution in [-0.4, -0.2) is 53.2 Å². The Kier molecular flexibility index (Phi) is 6.23. The minimum atomic E-state index is -0.869. The highest BCUT2D eigenvalue weighted by Gasteiger charge is 2.44. The molecular formula is C24H29N3O4. The van der Waals surface area contributed by atoms with Crippen molar-refractivity contribution < 1.29 is 18.8 Å². The van der Waals surface area contributed by atoms with E-state index in [9.17, 15) is 14.4 Å². The molecule has 0 saturated carbocycles. The molecule has 0 radical (unpaired) electrons. The number of benzene rings is 1. The molecule has 1 N–H and O–H groups in total. The molecule has 0 bridgehead atoms. The molecule has 7 heteroatoms. The predicted octanol–water partition coefficient (Wildman–Crippen LogP) is 3.24. The summed E-state index contributed by atoms with van der Waals surface area (Å²) in [6.45, 7) is 5.96. The van der Waals surface area contributed by atoms with Crippen LogP contribution in [0.1, 0.15) is 65.6 Å². The maximum atomic E-state index is 13.3. The summed E-state index contributed by atoms with van der Waals surface area (Å²) in [5, 5.41) is 3.01. The van der Waals surface area contributed by atoms with E-state index in [0.29, 0.717) is 17.7 Å². The van der Waals surface area contributed by atoms with Gasteiger partial charge < -0.3 is 9.73 Å². The van der Waals surface area contributed by atoms with Gasteiger partial charge in [-0.25, -0.2) is 0 Å². The van der Waals surface area contributed by atoms with Crippen LogP contribution >= 0.6 is 0 Å². The minimum Gasteiger partial charge on any atom is -0.468 e. The lowest BCUT2D eigenvalue weighted by atomic mass is 10.0. The molecule has 7 nitrogen and oxygen atoms in total. The fourth-order valence-corrected chi connectivity index (χ4v) is 4.60. The van der Waals surface area contributed by atoms with Crippen LogP contribution in [0.3, 0.4) is 0 Å². The number of hydrogen-bond acceptors (Lipinski definition) is 5. The van der Waals surface area contributed by atoms with Crippen LogP contribution in [0, 0.1) is 5.92 Å². The maximum absolute atomic E-state index is 13.3. The van der Waals surface area contributed by atoms with Crippen LogP contribution in [0.4, 0.5) is 0 Å². The summed E-state index contributed by atoms with van der Waals surface area (Å²) in [4.78, 5) is 42.6. The molecule has 1 aromatic heterocycles. The second-order valence-electron chi connectivity index (χ2n) is 8.59. The van der Waals surface area contributed by atoms with Gasteiger partial charge in [-0.1, -0.05) is 32.4 Å². The molecule has 2 atom stereocenters. The summed E-state index contributed by atoms with van der Waals surface area (Å²) < 4.78 is 5.65. The van der Waals surface area contributed by atoms with Crippen LogP contribution in [0.25, 0.3) is 0 Å². The van der Waals surface area contributed by atoms with Gasteiger partial charge in [0.1, 0.15) is 11.8 Å². The molecule has 31 heavy (non-hydrogen) atoms. The predicted molar refractivity (Wildman–Crippen MR) is 115 cm³/mol. The van der Waals surface area contributed by atoms with Gasteiger partial charge in [0, 0.05) is 6.54 Å². The normalized spacial score (nSPS) is 18.9. The molecule has 1 saturated heterocycles. The number of fused-ring (bicyclic) bond motifs is 1. The Morgan fingerprint density at radius 1 is 1.00 bits per heavy atom. The molecule has 2 aliphatic rings. The summed E-state index contributed by atoms with van der Waals surface area (Å²) in [6.07, 6.45) is 5.09. The molecule has 0 aliphatic carbocycles. The van der Waals surface area contributed by atoms with Crippen LogP contribution < -0.4 is 5.32 Å². The van der Waals surface area contributed by atoms with Crippen molar-refractivity contribution >= 4 is 17.7 Å². The molecule has 3 amide bonds. The number of carbonyl (C=O) groups excluding carboxylic acids is 3. The van der Waals surface area contributed by atoms with Crippen LogP contribution in [-0.2, 0) is 4.79 Å². The molecular weight excluding hydrogens is 394 g/mol. The second kappa shape index (κ2) is 9.06. The highest BCUT2D eigenvalue weighted by atomic mass is 16.3. The number of imide groups is 1. The third-order valence-corrected chi connectivity index (χ3v) is 6.18. The Balaban J connectivity index is 1.51. The van der Waals surface area contributed by atoms with Gasteiger partial charge in [0.2, 0.25) is 5.91 Å². The quantitative estimate of drug-likeness (QED) is 0.692. The van der Waals surface area contributed by atoms with E-state index >= 15 is 0 Å². The summed E-state index contributed by atoms with van der Waals surface area (Å²) >= 11 is 0. The lowest BCUT2D eigenvalue weighted by Gasteiger charge is -2.34. The maximum Gasteiger partial charge on any atom is 0.262 e. The molecule has 2 aromatic rings. The summed E-state index contributed by atoms with van der Waals surface area (Å²) in [6, 6.07) is 9.55. The number of hydrogen-bond donors (Lipinski definition) is 1. The number of furan rings is 1. The first kappa shape index (κ1) is 21.3. The Morgan fingerprint density at radius 3 is 2.19 bits per heavy atom. The third kappa shape index (κ3) is 4.14. The van der Waals surface area contributed by atoms with Crippen molar-refractivity contribution in [3.63, 3.8) is 0 Å². The van der Waals surface area contributed by atoms with Crippen LogP contribution in [0.2, 0.25) is 0 Å². The summed E-state index contributed by atoms with van der Waals surface area (Å²) in [5.41, 5.74) is 0.709. The second-order valence-corrected chi connectivity index (χ2v) is 8.59. The Labute approximate surface area is 182 Å². The van der Waals surface area contributed by atoms with E-state index < -0.39 is 17.9 Å². The Morgan fingerprint density at radius 2 is 1.65 bits per heavy atom. The highest BCUT2D eigenvalue weighted by molar-refractivity contribution is 6.22. The molecule has 1 fully saturated rings. The van der Waals surface area contributed by atoms with Gasteiger partial charge >= 0.3 is 0 Å². The van der Waals surface area contributed by atoms with Crippen LogP contribution in [0.15, 0.2) is 47.1 Å². The number of nitrogens with zero attached hydrogens (tertiary/aromatic N) is 2. The van der Waals surface area contributed by atoms with Gasteiger partial charge in [0.15, 0.2) is 0 Å². The van der Waals surface area contributed by atoms with Crippen molar-refractivity contribution in [3.05, 3.63) is 59.5 Å². The standard InChI is InChI=1S/C24H29N3O4/c1-16(2)21(27-23(29)17-9-4-5-10-18(17)24(27)30)22(28)25-15-19(20-11-8-14-31-20)26-12-6-3-7-13-26/h4-5,8-11,14,16,19,21H,3,6-7,12-13,15H2,1-2H3,(H,25,28). The lowest BCUT2D eigenvalue weighted by Crippen LogP contribution is -2.53. The van der Waals surface area contributed by atoms with E-state index in [0.717, 1.165) is 36.6 Å². The first-order valence-electron chi connectivity index (χ1n) is 11.0. The largest absolute Gasteiger partial charge is 0.468 e. The van der Waals surface area contributed by atoms with Crippen molar-refractivity contribution in [1.29, 1.82) is 0 Å². The third-order valence-electron chi connectivity index (χ3n) is 6.18. The molecule has 0 spiro atoms. The molecule has 2 aliphatic heterocycles. The van der Waals surface area contributed by atoms with Gasteiger partial charge in [0.25, 0.3) is 11.8 Å². The van der Waals surface area contributed by atoms with E-state index in [1.807, 2.05) is 26.0 Å². The SMILES string of the molecule is CC(C)C(C(=O)NCC(c1ccco1)N1CCCCC1)N1C(=O)c2ccccc2C1=O. The average Bonchev–Trinajstić information content (AvgIpc) is 3.38. The minimum absolute atomic E-state index is 0.0748. The zero-order valence-electron chi connectivity index (χ0n) is 18.0. The topological polar surface area (TPSA) is 82.9 Å². The molecule has 164 valence electrons. The van der Waals surface area contributed by atoms with E-state index in [2.05, 4.69) is 10.2 Å². The fourth-order valence-electron chi connectivity index (χ4n) is 4.60. The van der Waals surface area contributed by atoms with Gasteiger partial charge in [0.05, 0.1) is 23.4 Å². The smallest absolute Gasteiger partial charge is 0.262 e. The number of amides is 3. The van der Waals surface area contributed by atoms with Gasteiger partial charge in [-0.2, -0.15) is 0 Å². The van der Waals surface area contributed by atoms with E-state index in [1.165, 1.54) is 6.42 Å². The number of nitrogens with one attached hydrogen (secondary N) is 1. The van der Waals surface area contributed by atoms with E-state index in [-0.39, 0.29) is 17.9 Å². The van der Waals surface area contributed by atoms with Gasteiger partial charge in [-0.15, -0.1) is 0 Å². The van der Waals surface area contributed by atoms with E-state index in [1.54, 1.807) is 30.5 Å². The first-order valence-corrected chi connectivity index (χ1v) is 11.0. The van der Waals surface area contributed by atoms with Crippen molar-refractivity contribution in [1.82, 2.24) is 15.1 Å². The Hall–Kier alpha value is -2.93. The van der Waals surface area contributed by atoms with Crippen molar-refractivity contribution in [2.45, 2.75) is 45.2 Å². The van der Waals surface area contributed by atoms with Crippen LogP contribution in [0.5, 0.6) is 0 Å². The first-order chi connectivity index (χ1) is 15.0. The summed E-state index contributed by atoms with van der Waals surface area (Å²) in [7, 11) is 0. The zero-order chi connectivity index (χ0) is 22.0. The number of piperidine rings is 1. The fraction of sp³-hybridized carbons (Fsp3) is 0.458. The Bertz CT molecular complexity index is 912.